The number of hydrogen-bond donors (Lipinski definition) is 2. The lowest BCUT2D eigenvalue weighted by Gasteiger charge is -2.14. The Kier molecular flexibility index (Phi) is 7.87. The average molecular weight is 486 g/mol. The van der Waals surface area contributed by atoms with Gasteiger partial charge in [0.05, 0.1) is 32.6 Å². The molecular formula is C28H27N3O5. The highest BCUT2D eigenvalue weighted by Crippen LogP contribution is 2.40. The van der Waals surface area contributed by atoms with Crippen LogP contribution in [0.3, 0.4) is 0 Å². The van der Waals surface area contributed by atoms with Crippen LogP contribution in [0.2, 0.25) is 0 Å². The monoisotopic (exact) mass is 485 g/mol. The van der Waals surface area contributed by atoms with Crippen molar-refractivity contribution in [1.82, 2.24) is 15.5 Å². The fourth-order valence-corrected chi connectivity index (χ4v) is 3.77. The van der Waals surface area contributed by atoms with E-state index in [2.05, 4.69) is 15.5 Å². The first-order valence-corrected chi connectivity index (χ1v) is 11.2. The highest BCUT2D eigenvalue weighted by atomic mass is 16.5. The van der Waals surface area contributed by atoms with E-state index in [0.29, 0.717) is 28.7 Å². The Morgan fingerprint density at radius 3 is 2.17 bits per heavy atom. The Morgan fingerprint density at radius 1 is 0.861 bits per heavy atom. The number of rotatable bonds is 10. The van der Waals surface area contributed by atoms with Crippen molar-refractivity contribution in [3.05, 3.63) is 84.6 Å². The van der Waals surface area contributed by atoms with Crippen LogP contribution in [0.15, 0.2) is 79.0 Å². The quantitative estimate of drug-likeness (QED) is 0.331. The molecule has 1 aromatic heterocycles. The number of hydrogen-bond acceptors (Lipinski definition) is 6. The number of aromatic amines is 1. The molecule has 0 aliphatic rings. The minimum Gasteiger partial charge on any atom is -0.493 e. The molecule has 0 bridgehead atoms. The third-order valence-corrected chi connectivity index (χ3v) is 5.44. The summed E-state index contributed by atoms with van der Waals surface area (Å²) in [6.07, 6.45) is 3.23. The van der Waals surface area contributed by atoms with Gasteiger partial charge in [-0.2, -0.15) is 0 Å². The van der Waals surface area contributed by atoms with E-state index in [1.807, 2.05) is 60.7 Å². The summed E-state index contributed by atoms with van der Waals surface area (Å²) in [6.45, 7) is -0.216. The zero-order valence-electron chi connectivity index (χ0n) is 20.3. The number of carbonyl (C=O) groups excluding carboxylic acids is 1. The average Bonchev–Trinajstić information content (AvgIpc) is 3.36. The van der Waals surface area contributed by atoms with Crippen LogP contribution in [-0.4, -0.2) is 44.0 Å². The molecular weight excluding hydrogens is 458 g/mol. The molecule has 0 saturated carbocycles. The van der Waals surface area contributed by atoms with Crippen molar-refractivity contribution in [3.8, 4) is 45.5 Å². The Morgan fingerprint density at radius 2 is 1.53 bits per heavy atom. The van der Waals surface area contributed by atoms with E-state index in [4.69, 9.17) is 18.9 Å². The summed E-state index contributed by atoms with van der Waals surface area (Å²) in [6, 6.07) is 23.2. The van der Waals surface area contributed by atoms with E-state index >= 15 is 0 Å². The Bertz CT molecular complexity index is 1330. The molecule has 4 aromatic rings. The third-order valence-electron chi connectivity index (χ3n) is 5.44. The smallest absolute Gasteiger partial charge is 0.261 e. The van der Waals surface area contributed by atoms with Gasteiger partial charge in [0, 0.05) is 17.3 Å². The van der Waals surface area contributed by atoms with Crippen LogP contribution >= 0.6 is 0 Å². The number of H-pyrrole nitrogens is 1. The number of nitrogens with one attached hydrogen (secondary N) is 2. The molecule has 0 aliphatic carbocycles. The molecule has 36 heavy (non-hydrogen) atoms. The number of amides is 1. The van der Waals surface area contributed by atoms with E-state index < -0.39 is 0 Å². The lowest BCUT2D eigenvalue weighted by molar-refractivity contribution is -0.122. The SMILES string of the molecule is COc1ccc(C=CNC(=O)COc2n[nH]c(-c3ccccc3)c2-c2ccccc2)c(OC)c1OC. The van der Waals surface area contributed by atoms with E-state index in [1.54, 1.807) is 32.4 Å². The first-order valence-electron chi connectivity index (χ1n) is 11.2. The maximum Gasteiger partial charge on any atom is 0.261 e. The van der Waals surface area contributed by atoms with Gasteiger partial charge in [0.25, 0.3) is 5.91 Å². The van der Waals surface area contributed by atoms with Crippen molar-refractivity contribution < 1.29 is 23.7 Å². The van der Waals surface area contributed by atoms with Crippen LogP contribution in [0.25, 0.3) is 28.5 Å². The molecule has 0 fully saturated rings. The maximum absolute atomic E-state index is 12.5. The zero-order valence-corrected chi connectivity index (χ0v) is 20.3. The van der Waals surface area contributed by atoms with Crippen LogP contribution in [-0.2, 0) is 4.79 Å². The predicted molar refractivity (Wildman–Crippen MR) is 138 cm³/mol. The Balaban J connectivity index is 1.48. The van der Waals surface area contributed by atoms with Gasteiger partial charge in [0.15, 0.2) is 18.1 Å². The highest BCUT2D eigenvalue weighted by Gasteiger charge is 2.19. The molecule has 0 radical (unpaired) electrons. The standard InChI is InChI=1S/C28H27N3O5/c1-33-22-15-14-21(26(34-2)27(22)35-3)16-17-29-23(32)18-36-28-24(19-10-6-4-7-11-19)25(30-31-28)20-12-8-5-9-13-20/h4-17H,18H2,1-3H3,(H,29,32)(H,30,31). The molecule has 3 aromatic carbocycles. The molecule has 0 unspecified atom stereocenters. The molecule has 0 atom stereocenters. The summed E-state index contributed by atoms with van der Waals surface area (Å²) < 4.78 is 22.0. The fourth-order valence-electron chi connectivity index (χ4n) is 3.77. The highest BCUT2D eigenvalue weighted by molar-refractivity contribution is 5.85. The summed E-state index contributed by atoms with van der Waals surface area (Å²) in [5.74, 6) is 1.52. The van der Waals surface area contributed by atoms with Gasteiger partial charge in [-0.25, -0.2) is 0 Å². The maximum atomic E-state index is 12.5. The predicted octanol–water partition coefficient (Wildman–Crippen LogP) is 4.94. The number of carbonyl (C=O) groups is 1. The second kappa shape index (κ2) is 11.6. The molecule has 184 valence electrons. The molecule has 0 saturated heterocycles. The molecule has 1 heterocycles. The molecule has 1 amide bonds. The lowest BCUT2D eigenvalue weighted by atomic mass is 10.0. The molecule has 2 N–H and O–H groups in total. The van der Waals surface area contributed by atoms with E-state index in [0.717, 1.165) is 22.4 Å². The molecule has 8 heteroatoms. The molecule has 0 aliphatic heterocycles. The number of aromatic nitrogens is 2. The fraction of sp³-hybridized carbons (Fsp3) is 0.143. The largest absolute Gasteiger partial charge is 0.493 e. The zero-order chi connectivity index (χ0) is 25.3. The van der Waals surface area contributed by atoms with Crippen molar-refractivity contribution in [2.45, 2.75) is 0 Å². The van der Waals surface area contributed by atoms with E-state index in [-0.39, 0.29) is 12.5 Å². The summed E-state index contributed by atoms with van der Waals surface area (Å²) in [5, 5.41) is 10.1. The second-order valence-electron chi connectivity index (χ2n) is 7.62. The summed E-state index contributed by atoms with van der Waals surface area (Å²) in [7, 11) is 4.63. The number of ether oxygens (including phenoxy) is 4. The van der Waals surface area contributed by atoms with Crippen LogP contribution in [0.4, 0.5) is 0 Å². The summed E-state index contributed by atoms with van der Waals surface area (Å²) in [4.78, 5) is 12.5. The van der Waals surface area contributed by atoms with Gasteiger partial charge in [-0.05, 0) is 23.8 Å². The number of benzene rings is 3. The van der Waals surface area contributed by atoms with Crippen LogP contribution in [0.5, 0.6) is 23.1 Å². The van der Waals surface area contributed by atoms with E-state index in [9.17, 15) is 4.79 Å². The first kappa shape index (κ1) is 24.4. The van der Waals surface area contributed by atoms with Crippen molar-refractivity contribution in [2.75, 3.05) is 27.9 Å². The first-order chi connectivity index (χ1) is 17.7. The summed E-state index contributed by atoms with van der Waals surface area (Å²) in [5.41, 5.74) is 4.22. The van der Waals surface area contributed by atoms with Crippen LogP contribution in [0.1, 0.15) is 5.56 Å². The minimum atomic E-state index is -0.339. The molecule has 4 rings (SSSR count). The molecule has 0 spiro atoms. The van der Waals surface area contributed by atoms with Gasteiger partial charge < -0.3 is 24.3 Å². The molecule has 8 nitrogen and oxygen atoms in total. The van der Waals surface area contributed by atoms with Gasteiger partial charge in [-0.1, -0.05) is 60.7 Å². The van der Waals surface area contributed by atoms with Gasteiger partial charge in [0.2, 0.25) is 11.6 Å². The van der Waals surface area contributed by atoms with Crippen molar-refractivity contribution >= 4 is 12.0 Å². The van der Waals surface area contributed by atoms with Crippen molar-refractivity contribution in [1.29, 1.82) is 0 Å². The van der Waals surface area contributed by atoms with Gasteiger partial charge in [0.1, 0.15) is 0 Å². The second-order valence-corrected chi connectivity index (χ2v) is 7.62. The van der Waals surface area contributed by atoms with Crippen LogP contribution < -0.4 is 24.3 Å². The normalized spacial score (nSPS) is 10.8. The number of methoxy groups -OCH3 is 3. The van der Waals surface area contributed by atoms with Gasteiger partial charge >= 0.3 is 0 Å². The van der Waals surface area contributed by atoms with Gasteiger partial charge in [-0.3, -0.25) is 9.89 Å². The van der Waals surface area contributed by atoms with E-state index in [1.165, 1.54) is 13.3 Å². The van der Waals surface area contributed by atoms with Crippen LogP contribution in [0, 0.1) is 0 Å². The van der Waals surface area contributed by atoms with Gasteiger partial charge in [-0.15, -0.1) is 5.10 Å². The Hall–Kier alpha value is -4.72. The Labute approximate surface area is 209 Å². The lowest BCUT2D eigenvalue weighted by Crippen LogP contribution is -2.24. The van der Waals surface area contributed by atoms with Crippen molar-refractivity contribution in [2.24, 2.45) is 0 Å². The summed E-state index contributed by atoms with van der Waals surface area (Å²) >= 11 is 0. The van der Waals surface area contributed by atoms with Crippen molar-refractivity contribution in [3.63, 3.8) is 0 Å². The minimum absolute atomic E-state index is 0.216. The topological polar surface area (TPSA) is 94.7 Å². The number of nitrogens with zero attached hydrogens (tertiary/aromatic N) is 1. The third kappa shape index (κ3) is 5.33.